The number of nitrogens with two attached hydrogens (primary N) is 1. The van der Waals surface area contributed by atoms with Gasteiger partial charge in [0.15, 0.2) is 0 Å². The normalized spacial score (nSPS) is 10.8. The Labute approximate surface area is 54.6 Å². The maximum atomic E-state index is 5.54. The number of rotatable bonds is 1. The zero-order valence-corrected chi connectivity index (χ0v) is 5.41. The zero-order chi connectivity index (χ0) is 6.69. The zero-order valence-electron chi connectivity index (χ0n) is 5.41. The van der Waals surface area contributed by atoms with E-state index >= 15 is 0 Å². The summed E-state index contributed by atoms with van der Waals surface area (Å²) < 4.78 is 1.86. The van der Waals surface area contributed by atoms with Gasteiger partial charge in [-0.15, -0.1) is 0 Å². The topological polar surface area (TPSA) is 30.9 Å². The van der Waals surface area contributed by atoms with Crippen molar-refractivity contribution in [3.05, 3.63) is 24.4 Å². The minimum atomic E-state index is 0.771. The molecule has 2 nitrogen and oxygen atoms in total. The van der Waals surface area contributed by atoms with E-state index in [0.717, 1.165) is 5.82 Å². The smallest absolute Gasteiger partial charge is 0.107 e. The highest BCUT2D eigenvalue weighted by atomic mass is 15.0. The molecule has 0 aliphatic heterocycles. The highest BCUT2D eigenvalue weighted by Gasteiger charge is 1.86. The van der Waals surface area contributed by atoms with Gasteiger partial charge in [0.05, 0.1) is 0 Å². The van der Waals surface area contributed by atoms with Gasteiger partial charge in [0.2, 0.25) is 0 Å². The SMILES string of the molecule is C/C=C\n1cccc1N. The van der Waals surface area contributed by atoms with Gasteiger partial charge in [0, 0.05) is 12.4 Å². The Bertz CT molecular complexity index is 210. The van der Waals surface area contributed by atoms with Crippen molar-refractivity contribution in [1.82, 2.24) is 4.57 Å². The summed E-state index contributed by atoms with van der Waals surface area (Å²) in [5, 5.41) is 0. The van der Waals surface area contributed by atoms with E-state index in [1.54, 1.807) is 0 Å². The van der Waals surface area contributed by atoms with Crippen LogP contribution in [0, 0.1) is 0 Å². The van der Waals surface area contributed by atoms with Crippen LogP contribution in [0.15, 0.2) is 24.4 Å². The molecule has 0 atom stereocenters. The summed E-state index contributed by atoms with van der Waals surface area (Å²) >= 11 is 0. The summed E-state index contributed by atoms with van der Waals surface area (Å²) in [6.07, 6.45) is 5.76. The lowest BCUT2D eigenvalue weighted by Crippen LogP contribution is -1.91. The van der Waals surface area contributed by atoms with Crippen molar-refractivity contribution in [1.29, 1.82) is 0 Å². The van der Waals surface area contributed by atoms with Crippen LogP contribution in [-0.2, 0) is 0 Å². The summed E-state index contributed by atoms with van der Waals surface area (Å²) in [4.78, 5) is 0. The summed E-state index contributed by atoms with van der Waals surface area (Å²) in [5.41, 5.74) is 5.54. The van der Waals surface area contributed by atoms with Crippen molar-refractivity contribution in [3.8, 4) is 0 Å². The third-order valence-corrected chi connectivity index (χ3v) is 1.12. The Kier molecular flexibility index (Phi) is 1.58. The first-order valence-electron chi connectivity index (χ1n) is 2.89. The minimum Gasteiger partial charge on any atom is -0.385 e. The Hall–Kier alpha value is -1.18. The van der Waals surface area contributed by atoms with Crippen molar-refractivity contribution in [2.45, 2.75) is 6.92 Å². The highest BCUT2D eigenvalue weighted by molar-refractivity contribution is 5.40. The molecule has 2 heteroatoms. The molecule has 2 N–H and O–H groups in total. The van der Waals surface area contributed by atoms with Crippen LogP contribution in [0.4, 0.5) is 5.82 Å². The van der Waals surface area contributed by atoms with Gasteiger partial charge in [-0.25, -0.2) is 0 Å². The second kappa shape index (κ2) is 2.40. The van der Waals surface area contributed by atoms with E-state index in [-0.39, 0.29) is 0 Å². The monoisotopic (exact) mass is 122 g/mol. The van der Waals surface area contributed by atoms with E-state index in [9.17, 15) is 0 Å². The van der Waals surface area contributed by atoms with Gasteiger partial charge in [-0.2, -0.15) is 0 Å². The van der Waals surface area contributed by atoms with Gasteiger partial charge in [0.25, 0.3) is 0 Å². The van der Waals surface area contributed by atoms with Crippen molar-refractivity contribution in [2.75, 3.05) is 5.73 Å². The standard InChI is InChI=1S/C7H10N2/c1-2-5-9-6-3-4-7(9)8/h2-6H,8H2,1H3/b5-2-. The van der Waals surface area contributed by atoms with Gasteiger partial charge in [-0.1, -0.05) is 6.08 Å². The van der Waals surface area contributed by atoms with Gasteiger partial charge < -0.3 is 10.3 Å². The second-order valence-electron chi connectivity index (χ2n) is 1.82. The Morgan fingerprint density at radius 3 is 2.89 bits per heavy atom. The predicted molar refractivity (Wildman–Crippen MR) is 39.8 cm³/mol. The molecule has 0 unspecified atom stereocenters. The summed E-state index contributed by atoms with van der Waals surface area (Å²) in [6.45, 7) is 1.96. The van der Waals surface area contributed by atoms with E-state index < -0.39 is 0 Å². The number of hydrogen-bond acceptors (Lipinski definition) is 1. The number of hydrogen-bond donors (Lipinski definition) is 1. The molecule has 48 valence electrons. The molecular formula is C7H10N2. The third kappa shape index (κ3) is 1.13. The molecule has 1 rings (SSSR count). The van der Waals surface area contributed by atoms with Crippen molar-refractivity contribution in [2.24, 2.45) is 0 Å². The van der Waals surface area contributed by atoms with Gasteiger partial charge in [-0.3, -0.25) is 0 Å². The molecule has 0 spiro atoms. The van der Waals surface area contributed by atoms with Crippen LogP contribution in [-0.4, -0.2) is 4.57 Å². The fraction of sp³-hybridized carbons (Fsp3) is 0.143. The lowest BCUT2D eigenvalue weighted by molar-refractivity contribution is 1.18. The van der Waals surface area contributed by atoms with E-state index in [1.165, 1.54) is 0 Å². The van der Waals surface area contributed by atoms with Crippen LogP contribution in [0.2, 0.25) is 0 Å². The molecule has 1 aromatic rings. The molecule has 0 saturated carbocycles. The van der Waals surface area contributed by atoms with Crippen LogP contribution in [0.25, 0.3) is 6.20 Å². The predicted octanol–water partition coefficient (Wildman–Crippen LogP) is 1.56. The molecule has 0 bridgehead atoms. The number of nitrogens with zero attached hydrogens (tertiary/aromatic N) is 1. The molecule has 0 aromatic carbocycles. The molecule has 0 saturated heterocycles. The average Bonchev–Trinajstić information content (AvgIpc) is 2.18. The Morgan fingerprint density at radius 2 is 2.44 bits per heavy atom. The number of nitrogen functional groups attached to an aromatic ring is 1. The highest BCUT2D eigenvalue weighted by Crippen LogP contribution is 2.02. The summed E-state index contributed by atoms with van der Waals surface area (Å²) in [6, 6.07) is 3.77. The number of allylic oxidation sites excluding steroid dienone is 1. The molecule has 1 aromatic heterocycles. The first-order chi connectivity index (χ1) is 4.34. The lowest BCUT2D eigenvalue weighted by atomic mass is 10.6. The lowest BCUT2D eigenvalue weighted by Gasteiger charge is -1.93. The Balaban J connectivity index is 2.94. The molecule has 0 amide bonds. The maximum absolute atomic E-state index is 5.54. The first kappa shape index (κ1) is 5.95. The quantitative estimate of drug-likeness (QED) is 0.602. The third-order valence-electron chi connectivity index (χ3n) is 1.12. The number of anilines is 1. The van der Waals surface area contributed by atoms with Crippen molar-refractivity contribution < 1.29 is 0 Å². The van der Waals surface area contributed by atoms with Crippen molar-refractivity contribution in [3.63, 3.8) is 0 Å². The fourth-order valence-corrected chi connectivity index (χ4v) is 0.703. The molecule has 0 fully saturated rings. The minimum absolute atomic E-state index is 0.771. The van der Waals surface area contributed by atoms with Crippen LogP contribution in [0.5, 0.6) is 0 Å². The summed E-state index contributed by atoms with van der Waals surface area (Å²) in [7, 11) is 0. The largest absolute Gasteiger partial charge is 0.385 e. The first-order valence-corrected chi connectivity index (χ1v) is 2.89. The van der Waals surface area contributed by atoms with E-state index in [4.69, 9.17) is 5.73 Å². The van der Waals surface area contributed by atoms with Crippen LogP contribution in [0.1, 0.15) is 6.92 Å². The van der Waals surface area contributed by atoms with Gasteiger partial charge >= 0.3 is 0 Å². The molecule has 1 heterocycles. The average molecular weight is 122 g/mol. The number of aromatic nitrogens is 1. The van der Waals surface area contributed by atoms with E-state index in [1.807, 2.05) is 42.1 Å². The van der Waals surface area contributed by atoms with E-state index in [0.29, 0.717) is 0 Å². The maximum Gasteiger partial charge on any atom is 0.107 e. The van der Waals surface area contributed by atoms with Gasteiger partial charge in [-0.05, 0) is 19.1 Å². The molecule has 9 heavy (non-hydrogen) atoms. The van der Waals surface area contributed by atoms with Crippen LogP contribution >= 0.6 is 0 Å². The van der Waals surface area contributed by atoms with Crippen molar-refractivity contribution >= 4 is 12.0 Å². The van der Waals surface area contributed by atoms with Gasteiger partial charge in [0.1, 0.15) is 5.82 Å². The molecule has 0 aliphatic rings. The van der Waals surface area contributed by atoms with Crippen LogP contribution in [0.3, 0.4) is 0 Å². The Morgan fingerprint density at radius 1 is 1.67 bits per heavy atom. The molecule has 0 radical (unpaired) electrons. The van der Waals surface area contributed by atoms with Crippen LogP contribution < -0.4 is 5.73 Å². The fourth-order valence-electron chi connectivity index (χ4n) is 0.703. The molecule has 0 aliphatic carbocycles. The van der Waals surface area contributed by atoms with E-state index in [2.05, 4.69) is 0 Å². The second-order valence-corrected chi connectivity index (χ2v) is 1.82. The summed E-state index contributed by atoms with van der Waals surface area (Å²) in [5.74, 6) is 0.771. The molecular weight excluding hydrogens is 112 g/mol.